The van der Waals surface area contributed by atoms with Crippen LogP contribution in [0.25, 0.3) is 0 Å². The van der Waals surface area contributed by atoms with E-state index in [0.717, 1.165) is 16.9 Å². The monoisotopic (exact) mass is 346 g/mol. The van der Waals surface area contributed by atoms with Gasteiger partial charge in [0.1, 0.15) is 6.17 Å². The number of hydrogen-bond donors (Lipinski definition) is 1. The maximum Gasteiger partial charge on any atom is 0.262 e. The number of para-hydroxylation sites is 2. The number of nitrogens with zero attached hydrogens (tertiary/aromatic N) is 3. The molecular weight excluding hydrogens is 324 g/mol. The third-order valence-corrected chi connectivity index (χ3v) is 4.57. The van der Waals surface area contributed by atoms with E-state index >= 15 is 0 Å². The molecule has 0 radical (unpaired) electrons. The van der Waals surface area contributed by atoms with E-state index in [4.69, 9.17) is 0 Å². The normalized spacial score (nSPS) is 17.0. The van der Waals surface area contributed by atoms with Gasteiger partial charge < -0.3 is 5.32 Å². The van der Waals surface area contributed by atoms with Gasteiger partial charge in [-0.2, -0.15) is 5.10 Å². The molecule has 1 unspecified atom stereocenters. The average Bonchev–Trinajstić information content (AvgIpc) is 3.13. The van der Waals surface area contributed by atoms with Gasteiger partial charge in [0.2, 0.25) is 0 Å². The summed E-state index contributed by atoms with van der Waals surface area (Å²) < 4.78 is 1.93. The second-order valence-electron chi connectivity index (χ2n) is 7.49. The first-order valence-electron chi connectivity index (χ1n) is 8.74. The van der Waals surface area contributed by atoms with Crippen molar-refractivity contribution in [3.8, 4) is 0 Å². The Labute approximate surface area is 153 Å². The van der Waals surface area contributed by atoms with Crippen molar-refractivity contribution < 1.29 is 4.79 Å². The zero-order valence-electron chi connectivity index (χ0n) is 15.2. The molecule has 5 nitrogen and oxygen atoms in total. The maximum absolute atomic E-state index is 13.3. The van der Waals surface area contributed by atoms with Gasteiger partial charge in [0.05, 0.1) is 17.3 Å². The molecule has 0 aliphatic carbocycles. The number of fused-ring (bicyclic) bond motifs is 1. The first-order chi connectivity index (χ1) is 12.4. The molecule has 0 bridgehead atoms. The van der Waals surface area contributed by atoms with Crippen LogP contribution < -0.4 is 10.2 Å². The van der Waals surface area contributed by atoms with Crippen molar-refractivity contribution in [2.45, 2.75) is 32.5 Å². The van der Waals surface area contributed by atoms with Crippen molar-refractivity contribution in [2.24, 2.45) is 0 Å². The minimum atomic E-state index is -0.309. The highest BCUT2D eigenvalue weighted by Crippen LogP contribution is 2.36. The third kappa shape index (κ3) is 2.75. The quantitative estimate of drug-likeness (QED) is 0.748. The van der Waals surface area contributed by atoms with Crippen molar-refractivity contribution in [3.05, 3.63) is 78.1 Å². The number of rotatable bonds is 2. The largest absolute Gasteiger partial charge is 0.360 e. The molecule has 4 rings (SSSR count). The van der Waals surface area contributed by atoms with E-state index < -0.39 is 0 Å². The number of nitrogens with one attached hydrogen (secondary N) is 1. The number of anilines is 2. The van der Waals surface area contributed by atoms with Crippen LogP contribution in [0.3, 0.4) is 0 Å². The van der Waals surface area contributed by atoms with Crippen molar-refractivity contribution >= 4 is 17.3 Å². The summed E-state index contributed by atoms with van der Waals surface area (Å²) in [7, 11) is 0. The van der Waals surface area contributed by atoms with Crippen LogP contribution in [-0.2, 0) is 5.54 Å². The van der Waals surface area contributed by atoms with Gasteiger partial charge >= 0.3 is 0 Å². The van der Waals surface area contributed by atoms with Crippen LogP contribution >= 0.6 is 0 Å². The van der Waals surface area contributed by atoms with Gasteiger partial charge in [-0.3, -0.25) is 14.4 Å². The Balaban J connectivity index is 1.83. The number of amides is 1. The molecule has 3 aromatic rings. The SMILES string of the molecule is CC(C)(C)n1cc(C2Nc3ccccc3C(=O)N2c2ccccc2)cn1. The van der Waals surface area contributed by atoms with E-state index in [2.05, 4.69) is 31.2 Å². The van der Waals surface area contributed by atoms with Crippen LogP contribution in [0.1, 0.15) is 42.9 Å². The van der Waals surface area contributed by atoms with Gasteiger partial charge in [-0.15, -0.1) is 0 Å². The van der Waals surface area contributed by atoms with Crippen molar-refractivity contribution in [3.63, 3.8) is 0 Å². The Morgan fingerprint density at radius 1 is 1.00 bits per heavy atom. The molecular formula is C21H22N4O. The summed E-state index contributed by atoms with van der Waals surface area (Å²) in [6.07, 6.45) is 3.53. The highest BCUT2D eigenvalue weighted by Gasteiger charge is 2.35. The number of carbonyl (C=O) groups excluding carboxylic acids is 1. The summed E-state index contributed by atoms with van der Waals surface area (Å²) >= 11 is 0. The summed E-state index contributed by atoms with van der Waals surface area (Å²) in [5.74, 6) is -0.0148. The molecule has 2 heterocycles. The van der Waals surface area contributed by atoms with Gasteiger partial charge in [0.25, 0.3) is 5.91 Å². The molecule has 1 aliphatic heterocycles. The molecule has 0 saturated carbocycles. The molecule has 0 spiro atoms. The number of aromatic nitrogens is 2. The highest BCUT2D eigenvalue weighted by molar-refractivity contribution is 6.12. The summed E-state index contributed by atoms with van der Waals surface area (Å²) in [5, 5.41) is 8.02. The number of hydrogen-bond acceptors (Lipinski definition) is 3. The molecule has 1 N–H and O–H groups in total. The van der Waals surface area contributed by atoms with Crippen LogP contribution in [0.4, 0.5) is 11.4 Å². The lowest BCUT2D eigenvalue weighted by Gasteiger charge is -2.37. The lowest BCUT2D eigenvalue weighted by atomic mass is 10.0. The Morgan fingerprint density at radius 3 is 2.38 bits per heavy atom. The van der Waals surface area contributed by atoms with E-state index in [1.165, 1.54) is 0 Å². The predicted octanol–water partition coefficient (Wildman–Crippen LogP) is 4.41. The molecule has 26 heavy (non-hydrogen) atoms. The van der Waals surface area contributed by atoms with E-state index in [1.54, 1.807) is 4.90 Å². The maximum atomic E-state index is 13.3. The molecule has 1 amide bonds. The van der Waals surface area contributed by atoms with Crippen molar-refractivity contribution in [1.82, 2.24) is 9.78 Å². The number of benzene rings is 2. The van der Waals surface area contributed by atoms with Gasteiger partial charge in [-0.05, 0) is 45.0 Å². The van der Waals surface area contributed by atoms with Crippen molar-refractivity contribution in [1.29, 1.82) is 0 Å². The molecule has 132 valence electrons. The Kier molecular flexibility index (Phi) is 3.80. The summed E-state index contributed by atoms with van der Waals surface area (Å²) in [6.45, 7) is 6.31. The van der Waals surface area contributed by atoms with E-state index in [-0.39, 0.29) is 17.6 Å². The zero-order chi connectivity index (χ0) is 18.3. The first-order valence-corrected chi connectivity index (χ1v) is 8.74. The molecule has 1 aliphatic rings. The van der Waals surface area contributed by atoms with E-state index in [1.807, 2.05) is 71.7 Å². The van der Waals surface area contributed by atoms with Crippen LogP contribution in [0.2, 0.25) is 0 Å². The minimum Gasteiger partial charge on any atom is -0.360 e. The minimum absolute atomic E-state index is 0.0148. The van der Waals surface area contributed by atoms with E-state index in [9.17, 15) is 4.79 Å². The average molecular weight is 346 g/mol. The second kappa shape index (κ2) is 6.02. The van der Waals surface area contributed by atoms with Crippen LogP contribution in [0.5, 0.6) is 0 Å². The molecule has 0 saturated heterocycles. The topological polar surface area (TPSA) is 50.2 Å². The Hall–Kier alpha value is -3.08. The Morgan fingerprint density at radius 2 is 1.69 bits per heavy atom. The lowest BCUT2D eigenvalue weighted by molar-refractivity contribution is 0.0975. The highest BCUT2D eigenvalue weighted by atomic mass is 16.2. The molecule has 0 fully saturated rings. The molecule has 5 heteroatoms. The van der Waals surface area contributed by atoms with Gasteiger partial charge in [0.15, 0.2) is 0 Å². The Bertz CT molecular complexity index is 940. The smallest absolute Gasteiger partial charge is 0.262 e. The summed E-state index contributed by atoms with van der Waals surface area (Å²) in [6, 6.07) is 17.4. The van der Waals surface area contributed by atoms with Gasteiger partial charge in [0, 0.05) is 23.1 Å². The van der Waals surface area contributed by atoms with Crippen LogP contribution in [0.15, 0.2) is 67.0 Å². The second-order valence-corrected chi connectivity index (χ2v) is 7.49. The lowest BCUT2D eigenvalue weighted by Crippen LogP contribution is -2.43. The fraction of sp³-hybridized carbons (Fsp3) is 0.238. The fourth-order valence-electron chi connectivity index (χ4n) is 3.19. The predicted molar refractivity (Wildman–Crippen MR) is 103 cm³/mol. The third-order valence-electron chi connectivity index (χ3n) is 4.57. The molecule has 1 atom stereocenters. The molecule has 1 aromatic heterocycles. The first kappa shape index (κ1) is 16.4. The summed E-state index contributed by atoms with van der Waals surface area (Å²) in [4.78, 5) is 15.1. The van der Waals surface area contributed by atoms with Gasteiger partial charge in [-0.1, -0.05) is 30.3 Å². The zero-order valence-corrected chi connectivity index (χ0v) is 15.2. The molecule has 2 aromatic carbocycles. The van der Waals surface area contributed by atoms with Crippen LogP contribution in [0, 0.1) is 0 Å². The van der Waals surface area contributed by atoms with Crippen molar-refractivity contribution in [2.75, 3.05) is 10.2 Å². The fourth-order valence-corrected chi connectivity index (χ4v) is 3.19. The standard InChI is InChI=1S/C21H22N4O/c1-21(2,3)24-14-15(13-22-24)19-23-18-12-8-7-11-17(18)20(26)25(19)16-9-5-4-6-10-16/h4-14,19,23H,1-3H3. The van der Waals surface area contributed by atoms with E-state index in [0.29, 0.717) is 5.56 Å². The van der Waals surface area contributed by atoms with Crippen LogP contribution in [-0.4, -0.2) is 15.7 Å². The number of carbonyl (C=O) groups is 1. The summed E-state index contributed by atoms with van der Waals surface area (Å²) in [5.41, 5.74) is 3.21. The van der Waals surface area contributed by atoms with Gasteiger partial charge in [-0.25, -0.2) is 0 Å².